The van der Waals surface area contributed by atoms with E-state index in [-0.39, 0.29) is 25.6 Å². The summed E-state index contributed by atoms with van der Waals surface area (Å²) in [7, 11) is 0. The molecule has 2 aromatic heterocycles. The molecule has 43 heavy (non-hydrogen) atoms. The molecule has 0 spiro atoms. The van der Waals surface area contributed by atoms with Crippen LogP contribution in [0.3, 0.4) is 0 Å². The molecule has 5 aromatic rings. The third-order valence-corrected chi connectivity index (χ3v) is 7.67. The molecule has 0 saturated carbocycles. The molecule has 4 atom stereocenters. The van der Waals surface area contributed by atoms with E-state index in [9.17, 15) is 5.11 Å². The van der Waals surface area contributed by atoms with Gasteiger partial charge < -0.3 is 29.8 Å². The fourth-order valence-electron chi connectivity index (χ4n) is 5.47. The molecule has 1 aliphatic rings. The number of rotatable bonds is 12. The summed E-state index contributed by atoms with van der Waals surface area (Å²) in [6, 6.07) is 32.8. The van der Waals surface area contributed by atoms with Gasteiger partial charge in [0, 0.05) is 0 Å². The monoisotopic (exact) mass is 578 g/mol. The number of aromatic nitrogens is 3. The van der Waals surface area contributed by atoms with E-state index in [0.29, 0.717) is 17.8 Å². The second kappa shape index (κ2) is 12.5. The minimum atomic E-state index is -2.03. The van der Waals surface area contributed by atoms with E-state index in [4.69, 9.17) is 24.7 Å². The van der Waals surface area contributed by atoms with Crippen LogP contribution in [0.15, 0.2) is 122 Å². The summed E-state index contributed by atoms with van der Waals surface area (Å²) >= 11 is 0. The lowest BCUT2D eigenvalue weighted by atomic mass is 9.92. The van der Waals surface area contributed by atoms with Crippen molar-refractivity contribution < 1.29 is 24.1 Å². The van der Waals surface area contributed by atoms with E-state index >= 15 is 0 Å². The third kappa shape index (κ3) is 5.81. The van der Waals surface area contributed by atoms with Crippen LogP contribution in [-0.4, -0.2) is 44.1 Å². The Bertz CT molecular complexity index is 1650. The molecule has 3 N–H and O–H groups in total. The zero-order valence-electron chi connectivity index (χ0n) is 23.7. The second-order valence-electron chi connectivity index (χ2n) is 10.5. The molecule has 1 unspecified atom stereocenters. The van der Waals surface area contributed by atoms with Crippen LogP contribution in [0.25, 0.3) is 5.52 Å². The summed E-state index contributed by atoms with van der Waals surface area (Å²) in [6.45, 7) is 4.93. The highest BCUT2D eigenvalue weighted by Crippen LogP contribution is 2.48. The SMILES string of the molecule is C=C[C@]1(COCc2ccccc2)OC(O)(c2ccc3c(N)ncnn23)[C@H](OCc2ccccc2)[C@@H]1OCc1ccccc1. The molecular formula is C34H34N4O5. The van der Waals surface area contributed by atoms with Crippen molar-refractivity contribution >= 4 is 11.3 Å². The number of nitrogens with two attached hydrogens (primary N) is 1. The number of aliphatic hydroxyl groups is 1. The van der Waals surface area contributed by atoms with Gasteiger partial charge in [0.1, 0.15) is 35.3 Å². The quantitative estimate of drug-likeness (QED) is 0.203. The zero-order chi connectivity index (χ0) is 29.7. The molecule has 1 aliphatic heterocycles. The Kier molecular flexibility index (Phi) is 8.33. The first-order valence-electron chi connectivity index (χ1n) is 14.1. The van der Waals surface area contributed by atoms with Gasteiger partial charge in [-0.3, -0.25) is 0 Å². The van der Waals surface area contributed by atoms with Gasteiger partial charge >= 0.3 is 0 Å². The minimum Gasteiger partial charge on any atom is -0.382 e. The number of anilines is 1. The number of hydrogen-bond donors (Lipinski definition) is 2. The molecular weight excluding hydrogens is 544 g/mol. The number of hydrogen-bond acceptors (Lipinski definition) is 8. The van der Waals surface area contributed by atoms with E-state index < -0.39 is 23.6 Å². The van der Waals surface area contributed by atoms with E-state index in [1.54, 1.807) is 18.2 Å². The maximum absolute atomic E-state index is 12.6. The Morgan fingerprint density at radius 2 is 1.37 bits per heavy atom. The van der Waals surface area contributed by atoms with Crippen molar-refractivity contribution in [3.8, 4) is 0 Å². The Hall–Kier alpha value is -4.38. The van der Waals surface area contributed by atoms with Crippen LogP contribution in [0.2, 0.25) is 0 Å². The number of nitrogen functional groups attached to an aromatic ring is 1. The molecule has 0 aliphatic carbocycles. The predicted octanol–water partition coefficient (Wildman–Crippen LogP) is 4.80. The average molecular weight is 579 g/mol. The van der Waals surface area contributed by atoms with Crippen molar-refractivity contribution in [2.45, 2.75) is 43.4 Å². The standard InChI is InChI=1S/C34H34N4O5/c1-2-33(23-40-20-25-12-6-3-7-13-25)30(41-21-26-14-8-4-9-15-26)31(42-22-27-16-10-5-11-17-27)34(39,43-33)29-19-18-28-32(35)36-24-37-38(28)29/h2-19,24,30-31,39H,1,20-23H2,(H2,35,36,37)/t30-,31+,33+,34?/m0/s1. The van der Waals surface area contributed by atoms with Crippen molar-refractivity contribution in [3.05, 3.63) is 144 Å². The first-order valence-corrected chi connectivity index (χ1v) is 14.1. The smallest absolute Gasteiger partial charge is 0.240 e. The van der Waals surface area contributed by atoms with Gasteiger partial charge in [-0.25, -0.2) is 9.50 Å². The molecule has 6 rings (SSSR count). The highest BCUT2D eigenvalue weighted by molar-refractivity contribution is 5.65. The van der Waals surface area contributed by atoms with Gasteiger partial charge in [0.05, 0.1) is 26.4 Å². The van der Waals surface area contributed by atoms with Crippen molar-refractivity contribution in [3.63, 3.8) is 0 Å². The Balaban J connectivity index is 1.40. The van der Waals surface area contributed by atoms with E-state index in [2.05, 4.69) is 16.7 Å². The summed E-state index contributed by atoms with van der Waals surface area (Å²) in [4.78, 5) is 4.09. The van der Waals surface area contributed by atoms with Crippen molar-refractivity contribution in [1.29, 1.82) is 0 Å². The first-order chi connectivity index (χ1) is 21.0. The summed E-state index contributed by atoms with van der Waals surface area (Å²) in [5, 5.41) is 16.9. The fraction of sp³-hybridized carbons (Fsp3) is 0.235. The first kappa shape index (κ1) is 28.7. The normalized spacial score (nSPS) is 23.5. The molecule has 0 bridgehead atoms. The number of ether oxygens (including phenoxy) is 4. The summed E-state index contributed by atoms with van der Waals surface area (Å²) < 4.78 is 27.5. The molecule has 0 radical (unpaired) electrons. The van der Waals surface area contributed by atoms with Gasteiger partial charge in [0.25, 0.3) is 0 Å². The molecule has 9 heteroatoms. The van der Waals surface area contributed by atoms with E-state index in [1.165, 1.54) is 10.8 Å². The van der Waals surface area contributed by atoms with Crippen molar-refractivity contribution in [2.75, 3.05) is 12.3 Å². The van der Waals surface area contributed by atoms with Gasteiger partial charge in [-0.15, -0.1) is 6.58 Å². The fourth-order valence-corrected chi connectivity index (χ4v) is 5.47. The highest BCUT2D eigenvalue weighted by Gasteiger charge is 2.65. The third-order valence-electron chi connectivity index (χ3n) is 7.67. The van der Waals surface area contributed by atoms with Gasteiger partial charge in [0.2, 0.25) is 5.79 Å². The Labute approximate surface area is 250 Å². The average Bonchev–Trinajstić information content (AvgIpc) is 3.59. The predicted molar refractivity (Wildman–Crippen MR) is 161 cm³/mol. The van der Waals surface area contributed by atoms with Gasteiger partial charge in [-0.05, 0) is 28.8 Å². The van der Waals surface area contributed by atoms with Crippen LogP contribution in [0, 0.1) is 0 Å². The highest BCUT2D eigenvalue weighted by atomic mass is 16.7. The molecule has 9 nitrogen and oxygen atoms in total. The van der Waals surface area contributed by atoms with E-state index in [1.807, 2.05) is 91.0 Å². The number of fused-ring (bicyclic) bond motifs is 1. The van der Waals surface area contributed by atoms with Crippen LogP contribution in [0.4, 0.5) is 5.82 Å². The number of benzene rings is 3. The maximum atomic E-state index is 12.6. The molecule has 0 amide bonds. The molecule has 220 valence electrons. The second-order valence-corrected chi connectivity index (χ2v) is 10.5. The van der Waals surface area contributed by atoms with Crippen molar-refractivity contribution in [1.82, 2.24) is 14.6 Å². The lowest BCUT2D eigenvalue weighted by Gasteiger charge is -2.32. The maximum Gasteiger partial charge on any atom is 0.240 e. The molecule has 1 saturated heterocycles. The van der Waals surface area contributed by atoms with Crippen LogP contribution < -0.4 is 5.73 Å². The summed E-state index contributed by atoms with van der Waals surface area (Å²) in [5.41, 5.74) is 8.55. The van der Waals surface area contributed by atoms with Crippen molar-refractivity contribution in [2.24, 2.45) is 0 Å². The molecule has 3 aromatic carbocycles. The summed E-state index contributed by atoms with van der Waals surface area (Å²) in [6.07, 6.45) is 1.10. The largest absolute Gasteiger partial charge is 0.382 e. The lowest BCUT2D eigenvalue weighted by molar-refractivity contribution is -0.267. The van der Waals surface area contributed by atoms with E-state index in [0.717, 1.165) is 16.7 Å². The van der Waals surface area contributed by atoms with Crippen LogP contribution >= 0.6 is 0 Å². The van der Waals surface area contributed by atoms with Crippen LogP contribution in [-0.2, 0) is 44.6 Å². The number of nitrogens with zero attached hydrogens (tertiary/aromatic N) is 3. The van der Waals surface area contributed by atoms with Gasteiger partial charge in [-0.2, -0.15) is 5.10 Å². The Morgan fingerprint density at radius 3 is 1.95 bits per heavy atom. The van der Waals surface area contributed by atoms with Gasteiger partial charge in [0.15, 0.2) is 5.82 Å². The Morgan fingerprint density at radius 1 is 0.814 bits per heavy atom. The summed E-state index contributed by atoms with van der Waals surface area (Å²) in [5.74, 6) is -1.77. The minimum absolute atomic E-state index is 0.0405. The molecule has 3 heterocycles. The lowest BCUT2D eigenvalue weighted by Crippen LogP contribution is -2.48. The van der Waals surface area contributed by atoms with Crippen LogP contribution in [0.1, 0.15) is 22.4 Å². The topological polar surface area (TPSA) is 113 Å². The zero-order valence-corrected chi connectivity index (χ0v) is 23.7. The van der Waals surface area contributed by atoms with Gasteiger partial charge in [-0.1, -0.05) is 97.1 Å². The van der Waals surface area contributed by atoms with Crippen LogP contribution in [0.5, 0.6) is 0 Å². The molecule has 1 fully saturated rings.